The zero-order valence-electron chi connectivity index (χ0n) is 20.6. The maximum atomic E-state index is 14.2. The Hall–Kier alpha value is -4.89. The highest BCUT2D eigenvalue weighted by molar-refractivity contribution is 6.29. The minimum atomic E-state index is -1.46. The highest BCUT2D eigenvalue weighted by Gasteiger charge is 2.19. The molecular formula is C36H19F3. The van der Waals surface area contributed by atoms with Crippen molar-refractivity contribution >= 4 is 53.9 Å². The molecule has 0 amide bonds. The van der Waals surface area contributed by atoms with Gasteiger partial charge in [-0.3, -0.25) is 0 Å². The summed E-state index contributed by atoms with van der Waals surface area (Å²) in [5.41, 5.74) is 3.29. The van der Waals surface area contributed by atoms with Crippen LogP contribution in [0.25, 0.3) is 76.1 Å². The minimum absolute atomic E-state index is 0.310. The van der Waals surface area contributed by atoms with Crippen LogP contribution in [0.5, 0.6) is 0 Å². The second-order valence-corrected chi connectivity index (χ2v) is 10.1. The Morgan fingerprint density at radius 1 is 0.385 bits per heavy atom. The largest absolute Gasteiger partial charge is 0.204 e. The molecule has 8 aromatic carbocycles. The van der Waals surface area contributed by atoms with Crippen LogP contribution in [0.4, 0.5) is 13.2 Å². The van der Waals surface area contributed by atoms with Crippen molar-refractivity contribution < 1.29 is 13.2 Å². The second kappa shape index (κ2) is 8.05. The number of rotatable bonds is 2. The van der Waals surface area contributed by atoms with Crippen LogP contribution >= 0.6 is 0 Å². The average molecular weight is 509 g/mol. The zero-order chi connectivity index (χ0) is 26.2. The second-order valence-electron chi connectivity index (χ2n) is 10.1. The molecule has 0 spiro atoms. The van der Waals surface area contributed by atoms with Crippen LogP contribution in [0.1, 0.15) is 0 Å². The third kappa shape index (κ3) is 3.13. The van der Waals surface area contributed by atoms with Crippen molar-refractivity contribution in [2.75, 3.05) is 0 Å². The Kier molecular flexibility index (Phi) is 4.57. The van der Waals surface area contributed by atoms with E-state index in [1.807, 2.05) is 18.2 Å². The van der Waals surface area contributed by atoms with Crippen LogP contribution in [0, 0.1) is 17.5 Å². The molecule has 0 unspecified atom stereocenters. The molecule has 3 heteroatoms. The fourth-order valence-corrected chi connectivity index (χ4v) is 6.29. The normalized spacial score (nSPS) is 12.0. The first kappa shape index (κ1) is 22.1. The summed E-state index contributed by atoms with van der Waals surface area (Å²) in [5, 5.41) is 11.0. The van der Waals surface area contributed by atoms with Gasteiger partial charge in [-0.25, -0.2) is 13.2 Å². The van der Waals surface area contributed by atoms with Gasteiger partial charge in [-0.05, 0) is 94.3 Å². The van der Waals surface area contributed by atoms with E-state index in [-0.39, 0.29) is 0 Å². The first-order chi connectivity index (χ1) is 19.1. The van der Waals surface area contributed by atoms with Gasteiger partial charge in [-0.15, -0.1) is 0 Å². The van der Waals surface area contributed by atoms with Gasteiger partial charge < -0.3 is 0 Å². The molecule has 0 radical (unpaired) electrons. The van der Waals surface area contributed by atoms with E-state index in [2.05, 4.69) is 84.9 Å². The van der Waals surface area contributed by atoms with Gasteiger partial charge in [0.2, 0.25) is 0 Å². The lowest BCUT2D eigenvalue weighted by Gasteiger charge is -2.18. The maximum Gasteiger partial charge on any atom is 0.194 e. The Morgan fingerprint density at radius 3 is 1.46 bits per heavy atom. The molecule has 0 aliphatic carbocycles. The van der Waals surface area contributed by atoms with Crippen molar-refractivity contribution in [2.45, 2.75) is 0 Å². The summed E-state index contributed by atoms with van der Waals surface area (Å²) in [6, 6.07) is 37.8. The SMILES string of the molecule is Fc1cc(-c2ccc3ccc4c(-c5c6ccccc6cc6ccccc56)ccc5ccc2c3c54)cc(F)c1F. The van der Waals surface area contributed by atoms with Gasteiger partial charge in [0.15, 0.2) is 17.5 Å². The fraction of sp³-hybridized carbons (Fsp3) is 0. The van der Waals surface area contributed by atoms with Gasteiger partial charge in [0.25, 0.3) is 0 Å². The number of fused-ring (bicyclic) bond motifs is 2. The molecule has 0 aliphatic heterocycles. The van der Waals surface area contributed by atoms with Crippen LogP contribution in [0.15, 0.2) is 115 Å². The van der Waals surface area contributed by atoms with Gasteiger partial charge >= 0.3 is 0 Å². The molecule has 0 saturated carbocycles. The zero-order valence-corrected chi connectivity index (χ0v) is 20.6. The third-order valence-corrected chi connectivity index (χ3v) is 8.00. The van der Waals surface area contributed by atoms with Crippen LogP contribution in [-0.2, 0) is 0 Å². The summed E-state index contributed by atoms with van der Waals surface area (Å²) in [4.78, 5) is 0. The molecule has 0 nitrogen and oxygen atoms in total. The Labute approximate surface area is 221 Å². The highest BCUT2D eigenvalue weighted by atomic mass is 19.2. The summed E-state index contributed by atoms with van der Waals surface area (Å²) in [6.45, 7) is 0. The first-order valence-corrected chi connectivity index (χ1v) is 12.8. The molecule has 184 valence electrons. The molecule has 0 aliphatic rings. The molecule has 0 N–H and O–H groups in total. The molecule has 0 atom stereocenters. The van der Waals surface area contributed by atoms with Crippen molar-refractivity contribution in [2.24, 2.45) is 0 Å². The number of benzene rings is 8. The van der Waals surface area contributed by atoms with Gasteiger partial charge in [0.1, 0.15) is 0 Å². The monoisotopic (exact) mass is 508 g/mol. The average Bonchev–Trinajstić information content (AvgIpc) is 2.97. The van der Waals surface area contributed by atoms with Crippen molar-refractivity contribution in [3.63, 3.8) is 0 Å². The van der Waals surface area contributed by atoms with Crippen molar-refractivity contribution in [1.29, 1.82) is 0 Å². The third-order valence-electron chi connectivity index (χ3n) is 8.00. The molecule has 0 bridgehead atoms. The minimum Gasteiger partial charge on any atom is -0.204 e. The van der Waals surface area contributed by atoms with Crippen LogP contribution in [0.2, 0.25) is 0 Å². The maximum absolute atomic E-state index is 14.2. The summed E-state index contributed by atoms with van der Waals surface area (Å²) >= 11 is 0. The van der Waals surface area contributed by atoms with E-state index in [4.69, 9.17) is 0 Å². The van der Waals surface area contributed by atoms with Gasteiger partial charge in [-0.1, -0.05) is 97.1 Å². The molecule has 0 saturated heterocycles. The van der Waals surface area contributed by atoms with Crippen LogP contribution < -0.4 is 0 Å². The summed E-state index contributed by atoms with van der Waals surface area (Å²) < 4.78 is 42.1. The lowest BCUT2D eigenvalue weighted by Crippen LogP contribution is -1.94. The quantitative estimate of drug-likeness (QED) is 0.124. The number of hydrogen-bond donors (Lipinski definition) is 0. The van der Waals surface area contributed by atoms with Gasteiger partial charge in [-0.2, -0.15) is 0 Å². The standard InChI is InChI=1S/C36H19F3/c37-31-18-24(19-32(38)36(31)39)25-13-9-20-11-15-29-30(16-12-21-10-14-28(25)33(20)34(21)29)35-26-7-3-1-5-22(26)17-23-6-2-4-8-27(23)35/h1-19H. The van der Waals surface area contributed by atoms with E-state index < -0.39 is 17.5 Å². The highest BCUT2D eigenvalue weighted by Crippen LogP contribution is 2.45. The van der Waals surface area contributed by atoms with Crippen molar-refractivity contribution in [3.05, 3.63) is 133 Å². The van der Waals surface area contributed by atoms with Gasteiger partial charge in [0, 0.05) is 0 Å². The summed E-state index contributed by atoms with van der Waals surface area (Å²) in [7, 11) is 0. The van der Waals surface area contributed by atoms with E-state index >= 15 is 0 Å². The predicted octanol–water partition coefficient (Wildman–Crippen LogP) is 10.6. The van der Waals surface area contributed by atoms with Gasteiger partial charge in [0.05, 0.1) is 0 Å². The van der Waals surface area contributed by atoms with Crippen molar-refractivity contribution in [1.82, 2.24) is 0 Å². The topological polar surface area (TPSA) is 0 Å². The smallest absolute Gasteiger partial charge is 0.194 e. The summed E-state index contributed by atoms with van der Waals surface area (Å²) in [5.74, 6) is -3.84. The molecular weight excluding hydrogens is 489 g/mol. The Morgan fingerprint density at radius 2 is 0.872 bits per heavy atom. The van der Waals surface area contributed by atoms with Crippen molar-refractivity contribution in [3.8, 4) is 22.3 Å². The molecule has 8 rings (SSSR count). The molecule has 39 heavy (non-hydrogen) atoms. The lowest BCUT2D eigenvalue weighted by molar-refractivity contribution is 0.448. The Balaban J connectivity index is 1.51. The molecule has 0 heterocycles. The summed E-state index contributed by atoms with van der Waals surface area (Å²) in [6.07, 6.45) is 0. The first-order valence-electron chi connectivity index (χ1n) is 12.8. The van der Waals surface area contributed by atoms with E-state index in [0.717, 1.165) is 50.0 Å². The number of halogens is 3. The van der Waals surface area contributed by atoms with E-state index in [0.29, 0.717) is 11.1 Å². The Bertz CT molecular complexity index is 2180. The van der Waals surface area contributed by atoms with E-state index in [9.17, 15) is 13.2 Å². The van der Waals surface area contributed by atoms with E-state index in [1.54, 1.807) is 0 Å². The molecule has 0 aromatic heterocycles. The van der Waals surface area contributed by atoms with E-state index in [1.165, 1.54) is 27.1 Å². The van der Waals surface area contributed by atoms with Crippen LogP contribution in [0.3, 0.4) is 0 Å². The predicted molar refractivity (Wildman–Crippen MR) is 156 cm³/mol. The molecule has 0 fully saturated rings. The fourth-order valence-electron chi connectivity index (χ4n) is 6.29. The number of hydrogen-bond acceptors (Lipinski definition) is 0. The van der Waals surface area contributed by atoms with Crippen LogP contribution in [-0.4, -0.2) is 0 Å². The lowest BCUT2D eigenvalue weighted by atomic mass is 9.85. The molecule has 8 aromatic rings.